The van der Waals surface area contributed by atoms with Crippen molar-refractivity contribution in [2.75, 3.05) is 0 Å². The van der Waals surface area contributed by atoms with Crippen LogP contribution in [0.15, 0.2) is 54.6 Å². The lowest BCUT2D eigenvalue weighted by atomic mass is 9.96. The van der Waals surface area contributed by atoms with E-state index in [4.69, 9.17) is 20.4 Å². The molecule has 0 aliphatic rings. The average Bonchev–Trinajstić information content (AvgIpc) is 2.61. The van der Waals surface area contributed by atoms with Crippen molar-refractivity contribution in [1.82, 2.24) is 0 Å². The van der Waals surface area contributed by atoms with Crippen LogP contribution in [0, 0.1) is 0 Å². The van der Waals surface area contributed by atoms with Crippen molar-refractivity contribution < 1.29 is 39.9 Å². The molecule has 0 amide bonds. The maximum absolute atomic E-state index is 10.3. The maximum Gasteiger partial charge on any atom is 0.336 e. The summed E-state index contributed by atoms with van der Waals surface area (Å²) in [5.41, 5.74) is 0.599. The molecule has 0 spiro atoms. The SMILES string of the molecule is CC(O)c1ccc(-c2ccccc2)cc1.O=C(O)CC(O)(CC(=O)O)C(=O)O. The van der Waals surface area contributed by atoms with E-state index >= 15 is 0 Å². The zero-order chi connectivity index (χ0) is 21.3. The van der Waals surface area contributed by atoms with E-state index in [0.717, 1.165) is 5.56 Å². The van der Waals surface area contributed by atoms with Gasteiger partial charge in [0.25, 0.3) is 0 Å². The van der Waals surface area contributed by atoms with Crippen molar-refractivity contribution in [2.45, 2.75) is 31.5 Å². The first-order valence-electron chi connectivity index (χ1n) is 8.28. The van der Waals surface area contributed by atoms with E-state index < -0.39 is 42.5 Å². The van der Waals surface area contributed by atoms with Gasteiger partial charge in [0.2, 0.25) is 0 Å². The van der Waals surface area contributed by atoms with E-state index in [1.165, 1.54) is 11.1 Å². The molecule has 0 saturated carbocycles. The van der Waals surface area contributed by atoms with Gasteiger partial charge >= 0.3 is 17.9 Å². The zero-order valence-corrected chi connectivity index (χ0v) is 15.1. The number of carbonyl (C=O) groups is 3. The van der Waals surface area contributed by atoms with E-state index in [9.17, 15) is 19.5 Å². The smallest absolute Gasteiger partial charge is 0.336 e. The minimum absolute atomic E-state index is 0.394. The molecule has 0 saturated heterocycles. The second kappa shape index (κ2) is 10.2. The van der Waals surface area contributed by atoms with E-state index in [1.807, 2.05) is 42.5 Å². The van der Waals surface area contributed by atoms with E-state index in [1.54, 1.807) is 6.92 Å². The number of carboxylic acids is 3. The van der Waals surface area contributed by atoms with Gasteiger partial charge in [-0.15, -0.1) is 0 Å². The topological polar surface area (TPSA) is 152 Å². The summed E-state index contributed by atoms with van der Waals surface area (Å²) in [4.78, 5) is 30.5. The van der Waals surface area contributed by atoms with Crippen molar-refractivity contribution in [3.8, 4) is 11.1 Å². The fraction of sp³-hybridized carbons (Fsp3) is 0.250. The van der Waals surface area contributed by atoms with Gasteiger partial charge in [-0.3, -0.25) is 9.59 Å². The molecule has 8 heteroatoms. The lowest BCUT2D eigenvalue weighted by molar-refractivity contribution is -0.170. The predicted octanol–water partition coefficient (Wildman–Crippen LogP) is 2.16. The number of rotatable bonds is 7. The molecule has 8 nitrogen and oxygen atoms in total. The van der Waals surface area contributed by atoms with Crippen molar-refractivity contribution >= 4 is 17.9 Å². The Bertz CT molecular complexity index is 781. The maximum atomic E-state index is 10.3. The van der Waals surface area contributed by atoms with Gasteiger partial charge in [-0.05, 0) is 23.6 Å². The average molecular weight is 390 g/mol. The number of carboxylic acid groups (broad SMARTS) is 3. The van der Waals surface area contributed by atoms with Crippen LogP contribution in [0.1, 0.15) is 31.4 Å². The summed E-state index contributed by atoms with van der Waals surface area (Å²) in [6.45, 7) is 1.78. The highest BCUT2D eigenvalue weighted by Crippen LogP contribution is 2.21. The van der Waals surface area contributed by atoms with Crippen LogP contribution in [0.5, 0.6) is 0 Å². The Balaban J connectivity index is 0.000000284. The number of hydrogen-bond acceptors (Lipinski definition) is 5. The summed E-state index contributed by atoms with van der Waals surface area (Å²) in [6.07, 6.45) is -2.68. The third kappa shape index (κ3) is 7.18. The fourth-order valence-electron chi connectivity index (χ4n) is 2.30. The summed E-state index contributed by atoms with van der Waals surface area (Å²) in [5, 5.41) is 43.2. The highest BCUT2D eigenvalue weighted by Gasteiger charge is 2.40. The van der Waals surface area contributed by atoms with E-state index in [0.29, 0.717) is 0 Å². The Hall–Kier alpha value is -3.23. The summed E-state index contributed by atoms with van der Waals surface area (Å²) in [7, 11) is 0. The highest BCUT2D eigenvalue weighted by atomic mass is 16.4. The minimum Gasteiger partial charge on any atom is -0.481 e. The minimum atomic E-state index is -2.74. The lowest BCUT2D eigenvalue weighted by Gasteiger charge is -2.18. The number of hydrogen-bond donors (Lipinski definition) is 5. The van der Waals surface area contributed by atoms with Crippen LogP contribution < -0.4 is 0 Å². The lowest BCUT2D eigenvalue weighted by Crippen LogP contribution is -2.42. The monoisotopic (exact) mass is 390 g/mol. The van der Waals surface area contributed by atoms with Crippen molar-refractivity contribution in [3.05, 3.63) is 60.2 Å². The first-order chi connectivity index (χ1) is 13.0. The van der Waals surface area contributed by atoms with E-state index in [-0.39, 0.29) is 0 Å². The summed E-state index contributed by atoms with van der Waals surface area (Å²) in [5.74, 6) is -5.02. The van der Waals surface area contributed by atoms with Crippen molar-refractivity contribution in [1.29, 1.82) is 0 Å². The van der Waals surface area contributed by atoms with Gasteiger partial charge in [0, 0.05) is 0 Å². The molecule has 0 aliphatic heterocycles. The van der Waals surface area contributed by atoms with Gasteiger partial charge in [0.1, 0.15) is 0 Å². The van der Waals surface area contributed by atoms with Gasteiger partial charge in [-0.25, -0.2) is 4.79 Å². The van der Waals surface area contributed by atoms with Crippen LogP contribution in [0.2, 0.25) is 0 Å². The van der Waals surface area contributed by atoms with Crippen LogP contribution in [-0.4, -0.2) is 49.0 Å². The molecule has 0 bridgehead atoms. The number of benzene rings is 2. The van der Waals surface area contributed by atoms with Gasteiger partial charge in [-0.2, -0.15) is 0 Å². The Morgan fingerprint density at radius 2 is 1.25 bits per heavy atom. The van der Waals surface area contributed by atoms with Crippen LogP contribution in [0.3, 0.4) is 0 Å². The van der Waals surface area contributed by atoms with Crippen LogP contribution in [0.25, 0.3) is 11.1 Å². The molecule has 0 aromatic heterocycles. The summed E-state index contributed by atoms with van der Waals surface area (Å²) in [6, 6.07) is 18.2. The van der Waals surface area contributed by atoms with Crippen LogP contribution in [-0.2, 0) is 14.4 Å². The molecule has 0 aliphatic carbocycles. The highest BCUT2D eigenvalue weighted by molar-refractivity contribution is 5.88. The molecule has 0 fully saturated rings. The van der Waals surface area contributed by atoms with Gasteiger partial charge in [0.15, 0.2) is 5.60 Å². The second-order valence-electron chi connectivity index (χ2n) is 6.14. The summed E-state index contributed by atoms with van der Waals surface area (Å²) < 4.78 is 0. The van der Waals surface area contributed by atoms with Gasteiger partial charge < -0.3 is 25.5 Å². The Morgan fingerprint density at radius 1 is 0.821 bits per heavy atom. The van der Waals surface area contributed by atoms with Crippen molar-refractivity contribution in [2.24, 2.45) is 0 Å². The third-order valence-electron chi connectivity index (χ3n) is 3.79. The molecule has 1 unspecified atom stereocenters. The first-order valence-corrected chi connectivity index (χ1v) is 8.28. The third-order valence-corrected chi connectivity index (χ3v) is 3.79. The molecule has 0 radical (unpaired) electrons. The molecular formula is C20H22O8. The molecular weight excluding hydrogens is 368 g/mol. The Morgan fingerprint density at radius 3 is 1.61 bits per heavy atom. The predicted molar refractivity (Wildman–Crippen MR) is 99.6 cm³/mol. The Labute approximate surface area is 161 Å². The zero-order valence-electron chi connectivity index (χ0n) is 15.1. The van der Waals surface area contributed by atoms with Gasteiger partial charge in [0.05, 0.1) is 18.9 Å². The van der Waals surface area contributed by atoms with Crippen molar-refractivity contribution in [3.63, 3.8) is 0 Å². The molecule has 2 rings (SSSR count). The van der Waals surface area contributed by atoms with Gasteiger partial charge in [-0.1, -0.05) is 54.6 Å². The largest absolute Gasteiger partial charge is 0.481 e. The summed E-state index contributed by atoms with van der Waals surface area (Å²) >= 11 is 0. The fourth-order valence-corrected chi connectivity index (χ4v) is 2.30. The quantitative estimate of drug-likeness (QED) is 0.482. The molecule has 1 atom stereocenters. The number of aliphatic hydroxyl groups excluding tert-OH is 1. The molecule has 0 heterocycles. The normalized spacial score (nSPS) is 11.7. The van der Waals surface area contributed by atoms with Crippen LogP contribution >= 0.6 is 0 Å². The number of aliphatic hydroxyl groups is 2. The van der Waals surface area contributed by atoms with Crippen LogP contribution in [0.4, 0.5) is 0 Å². The first kappa shape index (κ1) is 22.8. The molecule has 2 aromatic carbocycles. The molecule has 150 valence electrons. The standard InChI is InChI=1S/C14H14O.C6H8O7/c1-11(15)12-7-9-14(10-8-12)13-5-3-2-4-6-13;7-3(8)1-6(13,5(11)12)2-4(9)10/h2-11,15H,1H3;13H,1-2H2,(H,7,8)(H,9,10)(H,11,12). The van der Waals surface area contributed by atoms with E-state index in [2.05, 4.69) is 12.1 Å². The second-order valence-corrected chi connectivity index (χ2v) is 6.14. The Kier molecular flexibility index (Phi) is 8.30. The number of aliphatic carboxylic acids is 3. The molecule has 28 heavy (non-hydrogen) atoms. The molecule has 2 aromatic rings. The molecule has 5 N–H and O–H groups in total.